The Morgan fingerprint density at radius 2 is 1.85 bits per heavy atom. The van der Waals surface area contributed by atoms with Crippen LogP contribution in [0.1, 0.15) is 30.0 Å². The first-order valence-electron chi connectivity index (χ1n) is 11.6. The maximum atomic E-state index is 13.2. The minimum atomic E-state index is -0.530. The monoisotopic (exact) mass is 458 g/mol. The molecule has 0 aromatic heterocycles. The molecule has 1 unspecified atom stereocenters. The van der Waals surface area contributed by atoms with Crippen molar-refractivity contribution in [3.05, 3.63) is 89.5 Å². The summed E-state index contributed by atoms with van der Waals surface area (Å²) in [4.78, 5) is 27.6. The second-order valence-electron chi connectivity index (χ2n) is 8.37. The molecule has 0 bridgehead atoms. The predicted octanol–water partition coefficient (Wildman–Crippen LogP) is 4.62. The molecule has 0 radical (unpaired) electrons. The van der Waals surface area contributed by atoms with Crippen LogP contribution in [-0.2, 0) is 29.0 Å². The maximum absolute atomic E-state index is 13.2. The Morgan fingerprint density at radius 3 is 2.62 bits per heavy atom. The van der Waals surface area contributed by atoms with Crippen molar-refractivity contribution < 1.29 is 19.1 Å². The van der Waals surface area contributed by atoms with Gasteiger partial charge in [0.05, 0.1) is 13.5 Å². The standard InChI is InChI=1S/C28H30N2O4/c1-3-24-28(32)30(16-15-21-11-7-8-12-25(21)33-2)19-22-18-23(13-14-26(22)34-24)29-27(31)17-20-9-5-4-6-10-20/h4-14,18,24H,3,15-17,19H2,1-2H3,(H,29,31). The molecule has 1 N–H and O–H groups in total. The number of para-hydroxylation sites is 1. The second-order valence-corrected chi connectivity index (χ2v) is 8.37. The molecule has 0 fully saturated rings. The van der Waals surface area contributed by atoms with Crippen molar-refractivity contribution in [3.8, 4) is 11.5 Å². The van der Waals surface area contributed by atoms with Crippen LogP contribution in [0.3, 0.4) is 0 Å². The van der Waals surface area contributed by atoms with Gasteiger partial charge in [0.15, 0.2) is 6.10 Å². The highest BCUT2D eigenvalue weighted by Crippen LogP contribution is 2.30. The fraction of sp³-hybridized carbons (Fsp3) is 0.286. The number of nitrogens with zero attached hydrogens (tertiary/aromatic N) is 1. The van der Waals surface area contributed by atoms with Gasteiger partial charge in [-0.05, 0) is 48.2 Å². The van der Waals surface area contributed by atoms with Crippen molar-refractivity contribution in [2.45, 2.75) is 38.8 Å². The Bertz CT molecular complexity index is 1150. The van der Waals surface area contributed by atoms with E-state index in [0.717, 1.165) is 22.4 Å². The van der Waals surface area contributed by atoms with Gasteiger partial charge in [0, 0.05) is 24.3 Å². The van der Waals surface area contributed by atoms with Crippen LogP contribution in [-0.4, -0.2) is 36.5 Å². The number of ether oxygens (including phenoxy) is 2. The predicted molar refractivity (Wildman–Crippen MR) is 132 cm³/mol. The van der Waals surface area contributed by atoms with Gasteiger partial charge < -0.3 is 19.7 Å². The summed E-state index contributed by atoms with van der Waals surface area (Å²) in [5.74, 6) is 1.39. The number of carbonyl (C=O) groups excluding carboxylic acids is 2. The highest BCUT2D eigenvalue weighted by atomic mass is 16.5. The van der Waals surface area contributed by atoms with Gasteiger partial charge >= 0.3 is 0 Å². The normalized spacial score (nSPS) is 15.2. The Hall–Kier alpha value is -3.80. The Morgan fingerprint density at radius 1 is 1.09 bits per heavy atom. The molecule has 3 aromatic rings. The summed E-state index contributed by atoms with van der Waals surface area (Å²) in [5, 5.41) is 2.97. The first-order valence-corrected chi connectivity index (χ1v) is 11.6. The number of methoxy groups -OCH3 is 1. The van der Waals surface area contributed by atoms with Crippen LogP contribution in [0.5, 0.6) is 11.5 Å². The number of rotatable bonds is 8. The van der Waals surface area contributed by atoms with Crippen LogP contribution >= 0.6 is 0 Å². The van der Waals surface area contributed by atoms with Gasteiger partial charge in [0.2, 0.25) is 5.91 Å². The molecule has 3 aromatic carbocycles. The molecule has 4 rings (SSSR count). The third-order valence-electron chi connectivity index (χ3n) is 5.98. The minimum Gasteiger partial charge on any atom is -0.496 e. The van der Waals surface area contributed by atoms with E-state index in [1.807, 2.05) is 84.6 Å². The molecule has 1 heterocycles. The van der Waals surface area contributed by atoms with E-state index in [1.54, 1.807) is 7.11 Å². The van der Waals surface area contributed by atoms with Crippen LogP contribution in [0.2, 0.25) is 0 Å². The quantitative estimate of drug-likeness (QED) is 0.535. The number of fused-ring (bicyclic) bond motifs is 1. The van der Waals surface area contributed by atoms with E-state index in [1.165, 1.54) is 0 Å². The van der Waals surface area contributed by atoms with Crippen LogP contribution in [0.15, 0.2) is 72.8 Å². The molecule has 2 amide bonds. The Kier molecular flexibility index (Phi) is 7.48. The van der Waals surface area contributed by atoms with Gasteiger partial charge in [0.1, 0.15) is 11.5 Å². The second kappa shape index (κ2) is 10.9. The van der Waals surface area contributed by atoms with Crippen LogP contribution in [0, 0.1) is 0 Å². The smallest absolute Gasteiger partial charge is 0.263 e. The van der Waals surface area contributed by atoms with E-state index in [2.05, 4.69) is 5.32 Å². The molecule has 0 saturated heterocycles. The Balaban J connectivity index is 1.50. The topological polar surface area (TPSA) is 67.9 Å². The first kappa shape index (κ1) is 23.4. The van der Waals surface area contributed by atoms with Crippen molar-refractivity contribution in [3.63, 3.8) is 0 Å². The number of carbonyl (C=O) groups is 2. The van der Waals surface area contributed by atoms with Gasteiger partial charge in [-0.15, -0.1) is 0 Å². The average Bonchev–Trinajstić information content (AvgIpc) is 2.99. The zero-order valence-corrected chi connectivity index (χ0v) is 19.6. The summed E-state index contributed by atoms with van der Waals surface area (Å²) in [6, 6.07) is 23.0. The summed E-state index contributed by atoms with van der Waals surface area (Å²) >= 11 is 0. The van der Waals surface area contributed by atoms with Crippen LogP contribution in [0.25, 0.3) is 0 Å². The molecule has 6 nitrogen and oxygen atoms in total. The van der Waals surface area contributed by atoms with E-state index in [-0.39, 0.29) is 11.8 Å². The molecular weight excluding hydrogens is 428 g/mol. The van der Waals surface area contributed by atoms with E-state index < -0.39 is 6.10 Å². The molecule has 34 heavy (non-hydrogen) atoms. The first-order chi connectivity index (χ1) is 16.6. The van der Waals surface area contributed by atoms with E-state index in [4.69, 9.17) is 9.47 Å². The molecular formula is C28H30N2O4. The van der Waals surface area contributed by atoms with Gasteiger partial charge in [0.25, 0.3) is 5.91 Å². The molecule has 176 valence electrons. The van der Waals surface area contributed by atoms with E-state index in [9.17, 15) is 9.59 Å². The summed E-state index contributed by atoms with van der Waals surface area (Å²) in [7, 11) is 1.65. The largest absolute Gasteiger partial charge is 0.496 e. The fourth-order valence-corrected chi connectivity index (χ4v) is 4.19. The molecule has 1 atom stereocenters. The number of hydrogen-bond acceptors (Lipinski definition) is 4. The summed E-state index contributed by atoms with van der Waals surface area (Å²) < 4.78 is 11.5. The lowest BCUT2D eigenvalue weighted by molar-refractivity contribution is -0.138. The van der Waals surface area contributed by atoms with Gasteiger partial charge in [-0.3, -0.25) is 9.59 Å². The lowest BCUT2D eigenvalue weighted by Gasteiger charge is -2.23. The Labute approximate surface area is 200 Å². The number of benzene rings is 3. The number of amides is 2. The summed E-state index contributed by atoms with van der Waals surface area (Å²) in [5.41, 5.74) is 3.58. The van der Waals surface area contributed by atoms with E-state index in [0.29, 0.717) is 43.8 Å². The molecule has 0 aliphatic carbocycles. The fourth-order valence-electron chi connectivity index (χ4n) is 4.19. The van der Waals surface area contributed by atoms with Crippen LogP contribution < -0.4 is 14.8 Å². The number of anilines is 1. The highest BCUT2D eigenvalue weighted by Gasteiger charge is 2.30. The van der Waals surface area contributed by atoms with Gasteiger partial charge in [-0.1, -0.05) is 55.5 Å². The highest BCUT2D eigenvalue weighted by molar-refractivity contribution is 5.92. The zero-order valence-electron chi connectivity index (χ0n) is 19.6. The molecule has 0 spiro atoms. The third kappa shape index (κ3) is 5.57. The lowest BCUT2D eigenvalue weighted by Crippen LogP contribution is -2.40. The summed E-state index contributed by atoms with van der Waals surface area (Å²) in [6.45, 7) is 2.91. The number of hydrogen-bond donors (Lipinski definition) is 1. The zero-order chi connectivity index (χ0) is 23.9. The van der Waals surface area contributed by atoms with Crippen molar-refractivity contribution >= 4 is 17.5 Å². The third-order valence-corrected chi connectivity index (χ3v) is 5.98. The van der Waals surface area contributed by atoms with Gasteiger partial charge in [-0.2, -0.15) is 0 Å². The molecule has 1 aliphatic heterocycles. The molecule has 0 saturated carbocycles. The maximum Gasteiger partial charge on any atom is 0.263 e. The van der Waals surface area contributed by atoms with Crippen molar-refractivity contribution in [1.82, 2.24) is 4.90 Å². The SMILES string of the molecule is CCC1Oc2ccc(NC(=O)Cc3ccccc3)cc2CN(CCc2ccccc2OC)C1=O. The minimum absolute atomic E-state index is 0.0248. The van der Waals surface area contributed by atoms with Crippen molar-refractivity contribution in [2.75, 3.05) is 19.0 Å². The number of nitrogens with one attached hydrogen (secondary N) is 1. The van der Waals surface area contributed by atoms with Crippen LogP contribution in [0.4, 0.5) is 5.69 Å². The van der Waals surface area contributed by atoms with Crippen molar-refractivity contribution in [1.29, 1.82) is 0 Å². The average molecular weight is 459 g/mol. The van der Waals surface area contributed by atoms with Crippen molar-refractivity contribution in [2.24, 2.45) is 0 Å². The summed E-state index contributed by atoms with van der Waals surface area (Å²) in [6.07, 6.45) is 1.03. The van der Waals surface area contributed by atoms with E-state index >= 15 is 0 Å². The van der Waals surface area contributed by atoms with Gasteiger partial charge in [-0.25, -0.2) is 0 Å². The lowest BCUT2D eigenvalue weighted by atomic mass is 10.1. The molecule has 6 heteroatoms. The molecule has 1 aliphatic rings.